The largest absolute Gasteiger partial charge is 0.377 e. The summed E-state index contributed by atoms with van der Waals surface area (Å²) in [7, 11) is 4.24. The van der Waals surface area contributed by atoms with Crippen LogP contribution in [-0.2, 0) is 0 Å². The lowest BCUT2D eigenvalue weighted by Gasteiger charge is -2.24. The SMILES string of the molecule is CCCCN=C1C=CCCC1=C(c1ccccc1)N(C)C. The van der Waals surface area contributed by atoms with Gasteiger partial charge < -0.3 is 4.90 Å². The van der Waals surface area contributed by atoms with Gasteiger partial charge in [-0.1, -0.05) is 49.8 Å². The van der Waals surface area contributed by atoms with Crippen LogP contribution in [0.1, 0.15) is 38.2 Å². The molecule has 0 N–H and O–H groups in total. The summed E-state index contributed by atoms with van der Waals surface area (Å²) in [6, 6.07) is 10.6. The topological polar surface area (TPSA) is 15.6 Å². The van der Waals surface area contributed by atoms with Crippen LogP contribution in [0.3, 0.4) is 0 Å². The van der Waals surface area contributed by atoms with E-state index in [0.29, 0.717) is 0 Å². The summed E-state index contributed by atoms with van der Waals surface area (Å²) in [5.41, 5.74) is 5.12. The maximum absolute atomic E-state index is 4.83. The molecule has 0 saturated carbocycles. The van der Waals surface area contributed by atoms with E-state index in [2.05, 4.69) is 68.4 Å². The van der Waals surface area contributed by atoms with Crippen LogP contribution in [0.25, 0.3) is 5.70 Å². The van der Waals surface area contributed by atoms with Gasteiger partial charge in [-0.05, 0) is 30.9 Å². The summed E-state index contributed by atoms with van der Waals surface area (Å²) < 4.78 is 0. The molecule has 2 rings (SSSR count). The quantitative estimate of drug-likeness (QED) is 0.723. The summed E-state index contributed by atoms with van der Waals surface area (Å²) in [6.07, 6.45) is 8.97. The van der Waals surface area contributed by atoms with Crippen molar-refractivity contribution in [2.45, 2.75) is 32.6 Å². The van der Waals surface area contributed by atoms with Crippen LogP contribution in [0.2, 0.25) is 0 Å². The zero-order valence-electron chi connectivity index (χ0n) is 13.5. The van der Waals surface area contributed by atoms with E-state index < -0.39 is 0 Å². The molecule has 0 fully saturated rings. The number of allylic oxidation sites excluding steroid dienone is 3. The Kier molecular flexibility index (Phi) is 5.79. The molecule has 1 aliphatic carbocycles. The van der Waals surface area contributed by atoms with Gasteiger partial charge in [0.05, 0.1) is 5.71 Å². The van der Waals surface area contributed by atoms with E-state index in [0.717, 1.165) is 25.8 Å². The Morgan fingerprint density at radius 2 is 1.95 bits per heavy atom. The highest BCUT2D eigenvalue weighted by Gasteiger charge is 2.17. The molecule has 2 nitrogen and oxygen atoms in total. The van der Waals surface area contributed by atoms with Crippen molar-refractivity contribution >= 4 is 11.4 Å². The minimum absolute atomic E-state index is 0.926. The molecular formula is C19H26N2. The summed E-state index contributed by atoms with van der Waals surface area (Å²) in [6.45, 7) is 3.14. The van der Waals surface area contributed by atoms with Crippen molar-refractivity contribution in [1.29, 1.82) is 0 Å². The third-order valence-electron chi connectivity index (χ3n) is 3.72. The molecule has 0 aromatic heterocycles. The summed E-state index contributed by atoms with van der Waals surface area (Å²) >= 11 is 0. The maximum atomic E-state index is 4.83. The van der Waals surface area contributed by atoms with Gasteiger partial charge in [-0.3, -0.25) is 4.99 Å². The van der Waals surface area contributed by atoms with Crippen molar-refractivity contribution in [3.05, 3.63) is 53.6 Å². The third-order valence-corrected chi connectivity index (χ3v) is 3.72. The van der Waals surface area contributed by atoms with Crippen LogP contribution < -0.4 is 0 Å². The third kappa shape index (κ3) is 4.07. The Morgan fingerprint density at radius 1 is 1.19 bits per heavy atom. The van der Waals surface area contributed by atoms with Gasteiger partial charge in [-0.25, -0.2) is 0 Å². The summed E-state index contributed by atoms with van der Waals surface area (Å²) in [5.74, 6) is 0. The van der Waals surface area contributed by atoms with Gasteiger partial charge in [0.1, 0.15) is 0 Å². The Morgan fingerprint density at radius 3 is 2.62 bits per heavy atom. The van der Waals surface area contributed by atoms with E-state index in [-0.39, 0.29) is 0 Å². The lowest BCUT2D eigenvalue weighted by atomic mass is 9.93. The van der Waals surface area contributed by atoms with Crippen LogP contribution in [0.4, 0.5) is 0 Å². The number of hydrogen-bond donors (Lipinski definition) is 0. The fourth-order valence-electron chi connectivity index (χ4n) is 2.70. The van der Waals surface area contributed by atoms with Crippen molar-refractivity contribution in [3.63, 3.8) is 0 Å². The van der Waals surface area contributed by atoms with Gasteiger partial charge in [0.2, 0.25) is 0 Å². The summed E-state index contributed by atoms with van der Waals surface area (Å²) in [4.78, 5) is 7.05. The Hall–Kier alpha value is -1.83. The van der Waals surface area contributed by atoms with E-state index in [4.69, 9.17) is 4.99 Å². The van der Waals surface area contributed by atoms with Gasteiger partial charge in [0.15, 0.2) is 0 Å². The molecule has 0 spiro atoms. The van der Waals surface area contributed by atoms with Crippen molar-refractivity contribution in [1.82, 2.24) is 4.90 Å². The van der Waals surface area contributed by atoms with E-state index >= 15 is 0 Å². The number of hydrogen-bond acceptors (Lipinski definition) is 2. The summed E-state index contributed by atoms with van der Waals surface area (Å²) in [5, 5.41) is 0. The molecule has 0 radical (unpaired) electrons. The average molecular weight is 282 g/mol. The first-order valence-electron chi connectivity index (χ1n) is 7.91. The van der Waals surface area contributed by atoms with Gasteiger partial charge >= 0.3 is 0 Å². The van der Waals surface area contributed by atoms with Crippen LogP contribution in [0, 0.1) is 0 Å². The second-order valence-electron chi connectivity index (χ2n) is 5.65. The molecule has 0 aliphatic heterocycles. The highest BCUT2D eigenvalue weighted by molar-refractivity contribution is 6.13. The van der Waals surface area contributed by atoms with E-state index in [1.165, 1.54) is 29.0 Å². The van der Waals surface area contributed by atoms with Crippen molar-refractivity contribution < 1.29 is 0 Å². The number of benzene rings is 1. The molecule has 0 saturated heterocycles. The average Bonchev–Trinajstić information content (AvgIpc) is 2.50. The molecule has 0 bridgehead atoms. The van der Waals surface area contributed by atoms with Crippen LogP contribution in [0.15, 0.2) is 53.0 Å². The fourth-order valence-corrected chi connectivity index (χ4v) is 2.70. The molecule has 2 heteroatoms. The van der Waals surface area contributed by atoms with Crippen LogP contribution in [0.5, 0.6) is 0 Å². The Bertz CT molecular complexity index is 536. The highest BCUT2D eigenvalue weighted by Crippen LogP contribution is 2.27. The van der Waals surface area contributed by atoms with Gasteiger partial charge in [-0.2, -0.15) is 0 Å². The minimum atomic E-state index is 0.926. The van der Waals surface area contributed by atoms with Crippen LogP contribution in [-0.4, -0.2) is 31.3 Å². The van der Waals surface area contributed by atoms with Crippen molar-refractivity contribution in [2.75, 3.05) is 20.6 Å². The first-order chi connectivity index (χ1) is 10.2. The van der Waals surface area contributed by atoms with Gasteiger partial charge in [0, 0.05) is 31.9 Å². The second kappa shape index (κ2) is 7.82. The predicted molar refractivity (Wildman–Crippen MR) is 92.6 cm³/mol. The number of aliphatic imine (C=N–C) groups is 1. The molecule has 112 valence electrons. The lowest BCUT2D eigenvalue weighted by molar-refractivity contribution is 0.587. The molecule has 0 unspecified atom stereocenters. The maximum Gasteiger partial charge on any atom is 0.0624 e. The number of rotatable bonds is 5. The minimum Gasteiger partial charge on any atom is -0.377 e. The van der Waals surface area contributed by atoms with Crippen LogP contribution >= 0.6 is 0 Å². The molecular weight excluding hydrogens is 256 g/mol. The molecule has 21 heavy (non-hydrogen) atoms. The molecule has 1 aliphatic rings. The van der Waals surface area contributed by atoms with Crippen molar-refractivity contribution in [2.24, 2.45) is 4.99 Å². The van der Waals surface area contributed by atoms with E-state index in [9.17, 15) is 0 Å². The first-order valence-corrected chi connectivity index (χ1v) is 7.91. The fraction of sp³-hybridized carbons (Fsp3) is 0.421. The molecule has 1 aromatic rings. The molecule has 0 atom stereocenters. The zero-order valence-corrected chi connectivity index (χ0v) is 13.5. The van der Waals surface area contributed by atoms with Gasteiger partial charge in [-0.15, -0.1) is 0 Å². The monoisotopic (exact) mass is 282 g/mol. The first kappa shape index (κ1) is 15.6. The normalized spacial score (nSPS) is 18.9. The number of unbranched alkanes of at least 4 members (excludes halogenated alkanes) is 1. The lowest BCUT2D eigenvalue weighted by Crippen LogP contribution is -2.17. The molecule has 0 amide bonds. The van der Waals surface area contributed by atoms with Crippen molar-refractivity contribution in [3.8, 4) is 0 Å². The number of nitrogens with zero attached hydrogens (tertiary/aromatic N) is 2. The standard InChI is InChI=1S/C19H26N2/c1-4-5-15-20-18-14-10-9-13-17(18)19(21(2)3)16-11-7-6-8-12-16/h6-8,10-12,14H,4-5,9,13,15H2,1-3H3. The Balaban J connectivity index is 2.44. The van der Waals surface area contributed by atoms with E-state index in [1.54, 1.807) is 0 Å². The molecule has 1 aromatic carbocycles. The molecule has 0 heterocycles. The Labute approximate surface area is 128 Å². The van der Waals surface area contributed by atoms with Gasteiger partial charge in [0.25, 0.3) is 0 Å². The predicted octanol–water partition coefficient (Wildman–Crippen LogP) is 4.55. The zero-order chi connectivity index (χ0) is 15.1. The smallest absolute Gasteiger partial charge is 0.0624 e. The second-order valence-corrected chi connectivity index (χ2v) is 5.65. The van der Waals surface area contributed by atoms with E-state index in [1.807, 2.05) is 0 Å². The highest BCUT2D eigenvalue weighted by atomic mass is 15.1.